The van der Waals surface area contributed by atoms with Crippen LogP contribution < -0.4 is 5.56 Å². The summed E-state index contributed by atoms with van der Waals surface area (Å²) in [6.07, 6.45) is 1.41. The normalized spacial score (nSPS) is 13.3. The molecule has 27 heavy (non-hydrogen) atoms. The van der Waals surface area contributed by atoms with E-state index in [-0.39, 0.29) is 24.3 Å². The van der Waals surface area contributed by atoms with Crippen LogP contribution in [0.15, 0.2) is 59.4 Å². The van der Waals surface area contributed by atoms with Crippen molar-refractivity contribution in [2.75, 3.05) is 6.54 Å². The average Bonchev–Trinajstić information content (AvgIpc) is 2.73. The Hall–Kier alpha value is -3.28. The minimum Gasteiger partial charge on any atom is -0.338 e. The highest BCUT2D eigenvalue weighted by atomic mass is 16.2. The molecule has 0 spiro atoms. The molecule has 0 fully saturated rings. The number of H-pyrrole nitrogens is 1. The number of nitrogens with one attached hydrogen (secondary N) is 1. The van der Waals surface area contributed by atoms with Gasteiger partial charge in [-0.3, -0.25) is 9.59 Å². The number of fused-ring (bicyclic) bond motifs is 1. The number of carbonyl (C=O) groups excluding carboxylic acids is 1. The molecule has 1 aliphatic heterocycles. The van der Waals surface area contributed by atoms with Crippen molar-refractivity contribution < 1.29 is 4.79 Å². The van der Waals surface area contributed by atoms with Crippen molar-refractivity contribution in [2.45, 2.75) is 25.8 Å². The van der Waals surface area contributed by atoms with Gasteiger partial charge in [0.15, 0.2) is 5.82 Å². The lowest BCUT2D eigenvalue weighted by Crippen LogP contribution is -2.36. The number of aromatic amines is 1. The Kier molecular flexibility index (Phi) is 4.78. The van der Waals surface area contributed by atoms with Crippen LogP contribution in [0.3, 0.4) is 0 Å². The molecule has 1 amide bonds. The van der Waals surface area contributed by atoms with E-state index in [1.165, 1.54) is 11.1 Å². The lowest BCUT2D eigenvalue weighted by Gasteiger charge is -2.28. The van der Waals surface area contributed by atoms with Crippen molar-refractivity contribution in [3.8, 4) is 11.4 Å². The van der Waals surface area contributed by atoms with Gasteiger partial charge in [0, 0.05) is 31.5 Å². The van der Waals surface area contributed by atoms with Crippen molar-refractivity contribution in [1.82, 2.24) is 20.1 Å². The first-order chi connectivity index (χ1) is 13.2. The van der Waals surface area contributed by atoms with Gasteiger partial charge >= 0.3 is 0 Å². The third kappa shape index (κ3) is 3.79. The van der Waals surface area contributed by atoms with E-state index in [0.29, 0.717) is 24.6 Å². The van der Waals surface area contributed by atoms with Crippen molar-refractivity contribution in [3.63, 3.8) is 0 Å². The van der Waals surface area contributed by atoms with Gasteiger partial charge in [0.1, 0.15) is 5.69 Å². The molecule has 136 valence electrons. The second-order valence-electron chi connectivity index (χ2n) is 6.65. The van der Waals surface area contributed by atoms with Gasteiger partial charge in [-0.05, 0) is 17.5 Å². The maximum absolute atomic E-state index is 12.5. The number of hydrogen-bond acceptors (Lipinski definition) is 4. The fourth-order valence-corrected chi connectivity index (χ4v) is 3.34. The van der Waals surface area contributed by atoms with Crippen molar-refractivity contribution >= 4 is 5.91 Å². The smallest absolute Gasteiger partial charge is 0.273 e. The zero-order chi connectivity index (χ0) is 18.6. The summed E-state index contributed by atoms with van der Waals surface area (Å²) < 4.78 is 0. The summed E-state index contributed by atoms with van der Waals surface area (Å²) in [5, 5.41) is 8.14. The largest absolute Gasteiger partial charge is 0.338 e. The van der Waals surface area contributed by atoms with Crippen LogP contribution in [-0.4, -0.2) is 32.5 Å². The highest BCUT2D eigenvalue weighted by molar-refractivity contribution is 5.76. The molecular weight excluding hydrogens is 340 g/mol. The van der Waals surface area contributed by atoms with Crippen LogP contribution in [0, 0.1) is 0 Å². The number of aryl methyl sites for hydroxylation is 1. The molecule has 0 atom stereocenters. The van der Waals surface area contributed by atoms with E-state index in [1.54, 1.807) is 0 Å². The number of nitrogens with zero attached hydrogens (tertiary/aromatic N) is 3. The van der Waals surface area contributed by atoms with Gasteiger partial charge in [0.2, 0.25) is 5.91 Å². The number of rotatable bonds is 4. The quantitative estimate of drug-likeness (QED) is 0.775. The van der Waals surface area contributed by atoms with Crippen molar-refractivity contribution in [3.05, 3.63) is 81.8 Å². The Morgan fingerprint density at radius 1 is 1.00 bits per heavy atom. The van der Waals surface area contributed by atoms with Gasteiger partial charge in [-0.15, -0.1) is 10.2 Å². The summed E-state index contributed by atoms with van der Waals surface area (Å²) >= 11 is 0. The van der Waals surface area contributed by atoms with E-state index in [1.807, 2.05) is 47.4 Å². The van der Waals surface area contributed by atoms with Gasteiger partial charge in [-0.25, -0.2) is 0 Å². The summed E-state index contributed by atoms with van der Waals surface area (Å²) in [5.41, 5.74) is 3.31. The van der Waals surface area contributed by atoms with E-state index in [2.05, 4.69) is 27.3 Å². The molecule has 6 nitrogen and oxygen atoms in total. The van der Waals surface area contributed by atoms with Crippen LogP contribution in [-0.2, 0) is 24.2 Å². The predicted molar refractivity (Wildman–Crippen MR) is 102 cm³/mol. The lowest BCUT2D eigenvalue weighted by molar-refractivity contribution is -0.132. The molecule has 1 aliphatic rings. The number of carbonyl (C=O) groups is 1. The second-order valence-corrected chi connectivity index (χ2v) is 6.65. The summed E-state index contributed by atoms with van der Waals surface area (Å²) in [6.45, 7) is 1.34. The molecule has 1 aromatic heterocycles. The Morgan fingerprint density at radius 3 is 2.52 bits per heavy atom. The first-order valence-electron chi connectivity index (χ1n) is 9.06. The topological polar surface area (TPSA) is 79.0 Å². The third-order valence-corrected chi connectivity index (χ3v) is 4.87. The minimum atomic E-state index is -0.291. The zero-order valence-corrected chi connectivity index (χ0v) is 14.9. The van der Waals surface area contributed by atoms with Crippen LogP contribution in [0.25, 0.3) is 11.4 Å². The van der Waals surface area contributed by atoms with E-state index in [4.69, 9.17) is 0 Å². The van der Waals surface area contributed by atoms with E-state index < -0.39 is 0 Å². The Bertz CT molecular complexity index is 1010. The highest BCUT2D eigenvalue weighted by Gasteiger charge is 2.20. The fourth-order valence-electron chi connectivity index (χ4n) is 3.34. The summed E-state index contributed by atoms with van der Waals surface area (Å²) in [6, 6.07) is 17.6. The van der Waals surface area contributed by atoms with Crippen molar-refractivity contribution in [1.29, 1.82) is 0 Å². The molecule has 6 heteroatoms. The Balaban J connectivity index is 1.40. The molecule has 2 aromatic carbocycles. The Labute approximate surface area is 156 Å². The summed E-state index contributed by atoms with van der Waals surface area (Å²) in [7, 11) is 0. The molecule has 0 bridgehead atoms. The van der Waals surface area contributed by atoms with Gasteiger partial charge in [-0.2, -0.15) is 0 Å². The van der Waals surface area contributed by atoms with Crippen molar-refractivity contribution in [2.24, 2.45) is 0 Å². The second kappa shape index (κ2) is 7.53. The monoisotopic (exact) mass is 360 g/mol. The number of benzene rings is 2. The molecule has 0 radical (unpaired) electrons. The van der Waals surface area contributed by atoms with E-state index in [9.17, 15) is 9.59 Å². The number of aromatic nitrogens is 3. The molecule has 2 heterocycles. The van der Waals surface area contributed by atoms with Gasteiger partial charge in [-0.1, -0.05) is 54.6 Å². The minimum absolute atomic E-state index is 0.0397. The zero-order valence-electron chi connectivity index (χ0n) is 14.9. The molecule has 4 rings (SSSR count). The number of hydrogen-bond donors (Lipinski definition) is 1. The molecule has 0 saturated heterocycles. The molecule has 3 aromatic rings. The van der Waals surface area contributed by atoms with Crippen LogP contribution in [0.5, 0.6) is 0 Å². The predicted octanol–water partition coefficient (Wildman–Crippen LogP) is 2.35. The van der Waals surface area contributed by atoms with Gasteiger partial charge in [0.05, 0.1) is 0 Å². The SMILES string of the molecule is O=C(CCc1nnc(-c2ccccc2)[nH]c1=O)N1CCc2ccccc2C1. The van der Waals surface area contributed by atoms with Crippen LogP contribution in [0.4, 0.5) is 0 Å². The lowest BCUT2D eigenvalue weighted by atomic mass is 9.99. The van der Waals surface area contributed by atoms with Crippen LogP contribution >= 0.6 is 0 Å². The molecule has 0 unspecified atom stereocenters. The molecular formula is C21H20N4O2. The van der Waals surface area contributed by atoms with E-state index >= 15 is 0 Å². The van der Waals surface area contributed by atoms with Crippen LogP contribution in [0.1, 0.15) is 23.2 Å². The molecule has 0 saturated carbocycles. The molecule has 1 N–H and O–H groups in total. The van der Waals surface area contributed by atoms with Crippen LogP contribution in [0.2, 0.25) is 0 Å². The first-order valence-corrected chi connectivity index (χ1v) is 9.06. The summed E-state index contributed by atoms with van der Waals surface area (Å²) in [5.74, 6) is 0.473. The maximum Gasteiger partial charge on any atom is 0.273 e. The standard InChI is InChI=1S/C21H20N4O2/c26-19(25-13-12-15-6-4-5-9-17(15)14-25)11-10-18-21(27)22-20(24-23-18)16-7-2-1-3-8-16/h1-9H,10-14H2,(H,22,24,27). The van der Waals surface area contributed by atoms with Gasteiger partial charge in [0.25, 0.3) is 5.56 Å². The maximum atomic E-state index is 12.5. The fraction of sp³-hybridized carbons (Fsp3) is 0.238. The number of amides is 1. The average molecular weight is 360 g/mol. The van der Waals surface area contributed by atoms with Gasteiger partial charge < -0.3 is 9.88 Å². The first kappa shape index (κ1) is 17.1. The summed E-state index contributed by atoms with van der Waals surface area (Å²) in [4.78, 5) is 29.4. The highest BCUT2D eigenvalue weighted by Crippen LogP contribution is 2.19. The molecule has 0 aliphatic carbocycles. The Morgan fingerprint density at radius 2 is 1.74 bits per heavy atom. The third-order valence-electron chi connectivity index (χ3n) is 4.87. The van der Waals surface area contributed by atoms with E-state index in [0.717, 1.165) is 12.0 Å².